The maximum atomic E-state index is 13.7. The summed E-state index contributed by atoms with van der Waals surface area (Å²) in [7, 11) is 0. The van der Waals surface area contributed by atoms with E-state index in [1.54, 1.807) is 4.90 Å². The van der Waals surface area contributed by atoms with E-state index in [1.165, 1.54) is 29.5 Å². The minimum atomic E-state index is -0.512. The molecule has 0 radical (unpaired) electrons. The minimum absolute atomic E-state index is 0.0643. The second-order valence-electron chi connectivity index (χ2n) is 7.18. The summed E-state index contributed by atoms with van der Waals surface area (Å²) in [5.41, 5.74) is 0.183. The maximum absolute atomic E-state index is 13.7. The fraction of sp³-hybridized carbons (Fsp3) is 0.333. The standard InChI is InChI=1S/C21H19FN2O4S/c22-13-3-4-15-14(12-13)19(25)17-18(16-2-1-11-29-16)24(21(26)20(17)28-15)6-5-23-7-9-27-10-8-23/h1-4,11-12,18H,5-10H2. The summed E-state index contributed by atoms with van der Waals surface area (Å²) in [5, 5.41) is 2.08. The molecule has 8 heteroatoms. The third-order valence-electron chi connectivity index (χ3n) is 5.50. The highest BCUT2D eigenvalue weighted by Gasteiger charge is 2.43. The average molecular weight is 414 g/mol. The number of nitrogens with zero attached hydrogens (tertiary/aromatic N) is 2. The molecule has 1 amide bonds. The van der Waals surface area contributed by atoms with E-state index in [2.05, 4.69) is 4.90 Å². The summed E-state index contributed by atoms with van der Waals surface area (Å²) >= 11 is 1.49. The van der Waals surface area contributed by atoms with Gasteiger partial charge in [-0.2, -0.15) is 0 Å². The lowest BCUT2D eigenvalue weighted by Crippen LogP contribution is -2.42. The molecule has 6 nitrogen and oxygen atoms in total. The number of hydrogen-bond acceptors (Lipinski definition) is 6. The van der Waals surface area contributed by atoms with Gasteiger partial charge in [0, 0.05) is 31.1 Å². The zero-order chi connectivity index (χ0) is 20.0. The van der Waals surface area contributed by atoms with Crippen LogP contribution in [0.25, 0.3) is 11.0 Å². The Hall–Kier alpha value is -2.55. The number of amides is 1. The number of carbonyl (C=O) groups excluding carboxylic acids is 1. The Bertz CT molecular complexity index is 1120. The van der Waals surface area contributed by atoms with Crippen LogP contribution in [0.15, 0.2) is 44.9 Å². The molecular formula is C21H19FN2O4S. The van der Waals surface area contributed by atoms with Crippen molar-refractivity contribution in [2.24, 2.45) is 0 Å². The van der Waals surface area contributed by atoms with Crippen LogP contribution in [0, 0.1) is 5.82 Å². The minimum Gasteiger partial charge on any atom is -0.450 e. The second-order valence-corrected chi connectivity index (χ2v) is 8.16. The van der Waals surface area contributed by atoms with Gasteiger partial charge < -0.3 is 14.1 Å². The number of halogens is 1. The third kappa shape index (κ3) is 3.17. The summed E-state index contributed by atoms with van der Waals surface area (Å²) in [6.07, 6.45) is 0. The van der Waals surface area contributed by atoms with E-state index in [-0.39, 0.29) is 28.1 Å². The molecule has 4 heterocycles. The molecule has 0 bridgehead atoms. The highest BCUT2D eigenvalue weighted by molar-refractivity contribution is 7.10. The molecule has 2 aromatic heterocycles. The summed E-state index contributed by atoms with van der Waals surface area (Å²) in [6, 6.07) is 7.09. The zero-order valence-electron chi connectivity index (χ0n) is 15.6. The van der Waals surface area contributed by atoms with E-state index < -0.39 is 11.9 Å². The predicted molar refractivity (Wildman–Crippen MR) is 107 cm³/mol. The number of carbonyl (C=O) groups is 1. The van der Waals surface area contributed by atoms with Crippen LogP contribution in [-0.4, -0.2) is 55.1 Å². The van der Waals surface area contributed by atoms with E-state index in [0.29, 0.717) is 31.9 Å². The number of morpholine rings is 1. The summed E-state index contributed by atoms with van der Waals surface area (Å²) in [5.74, 6) is -0.740. The van der Waals surface area contributed by atoms with E-state index in [0.717, 1.165) is 18.0 Å². The Morgan fingerprint density at radius 1 is 1.14 bits per heavy atom. The van der Waals surface area contributed by atoms with Crippen molar-refractivity contribution in [1.82, 2.24) is 9.80 Å². The molecule has 1 unspecified atom stereocenters. The lowest BCUT2D eigenvalue weighted by Gasteiger charge is -2.30. The lowest BCUT2D eigenvalue weighted by atomic mass is 10.0. The fourth-order valence-corrected chi connectivity index (χ4v) is 4.89. The van der Waals surface area contributed by atoms with Gasteiger partial charge in [-0.1, -0.05) is 6.07 Å². The molecule has 0 aliphatic carbocycles. The highest BCUT2D eigenvalue weighted by Crippen LogP contribution is 2.39. The van der Waals surface area contributed by atoms with Gasteiger partial charge in [-0.05, 0) is 29.6 Å². The topological polar surface area (TPSA) is 63.0 Å². The molecule has 1 aromatic carbocycles. The van der Waals surface area contributed by atoms with Crippen molar-refractivity contribution in [3.63, 3.8) is 0 Å². The van der Waals surface area contributed by atoms with Gasteiger partial charge in [-0.3, -0.25) is 14.5 Å². The molecule has 5 rings (SSSR count). The fourth-order valence-electron chi connectivity index (χ4n) is 4.04. The number of rotatable bonds is 4. The smallest absolute Gasteiger partial charge is 0.290 e. The van der Waals surface area contributed by atoms with Crippen LogP contribution in [0.5, 0.6) is 0 Å². The molecule has 2 aliphatic heterocycles. The Morgan fingerprint density at radius 2 is 1.97 bits per heavy atom. The third-order valence-corrected chi connectivity index (χ3v) is 6.43. The maximum Gasteiger partial charge on any atom is 0.290 e. The first kappa shape index (κ1) is 18.5. The van der Waals surface area contributed by atoms with Crippen molar-refractivity contribution in [2.75, 3.05) is 39.4 Å². The van der Waals surface area contributed by atoms with Crippen molar-refractivity contribution in [3.05, 3.63) is 68.0 Å². The number of benzene rings is 1. The van der Waals surface area contributed by atoms with Crippen LogP contribution in [0.2, 0.25) is 0 Å². The van der Waals surface area contributed by atoms with Gasteiger partial charge in [0.05, 0.1) is 30.2 Å². The summed E-state index contributed by atoms with van der Waals surface area (Å²) < 4.78 is 24.9. The Labute approximate surface area is 170 Å². The van der Waals surface area contributed by atoms with Crippen molar-refractivity contribution < 1.29 is 18.3 Å². The molecule has 150 valence electrons. The van der Waals surface area contributed by atoms with Crippen LogP contribution in [0.1, 0.15) is 27.0 Å². The van der Waals surface area contributed by atoms with Crippen molar-refractivity contribution in [1.29, 1.82) is 0 Å². The Balaban J connectivity index is 1.58. The molecule has 1 saturated heterocycles. The van der Waals surface area contributed by atoms with Crippen molar-refractivity contribution in [2.45, 2.75) is 6.04 Å². The van der Waals surface area contributed by atoms with Gasteiger partial charge in [0.1, 0.15) is 11.4 Å². The average Bonchev–Trinajstić information content (AvgIpc) is 3.35. The first-order valence-corrected chi connectivity index (χ1v) is 10.4. The van der Waals surface area contributed by atoms with E-state index in [1.807, 2.05) is 17.5 Å². The molecule has 0 N–H and O–H groups in total. The van der Waals surface area contributed by atoms with Crippen LogP contribution in [-0.2, 0) is 4.74 Å². The number of hydrogen-bond donors (Lipinski definition) is 0. The van der Waals surface area contributed by atoms with Crippen LogP contribution >= 0.6 is 11.3 Å². The monoisotopic (exact) mass is 414 g/mol. The quantitative estimate of drug-likeness (QED) is 0.657. The molecule has 1 atom stereocenters. The van der Waals surface area contributed by atoms with Crippen molar-refractivity contribution in [3.8, 4) is 0 Å². The van der Waals surface area contributed by atoms with Gasteiger partial charge in [-0.15, -0.1) is 11.3 Å². The molecule has 2 aliphatic rings. The van der Waals surface area contributed by atoms with E-state index >= 15 is 0 Å². The zero-order valence-corrected chi connectivity index (χ0v) is 16.4. The molecule has 0 spiro atoms. The summed E-state index contributed by atoms with van der Waals surface area (Å²) in [6.45, 7) is 4.15. The van der Waals surface area contributed by atoms with Gasteiger partial charge in [0.2, 0.25) is 5.76 Å². The molecule has 0 saturated carbocycles. The highest BCUT2D eigenvalue weighted by atomic mass is 32.1. The van der Waals surface area contributed by atoms with Gasteiger partial charge in [0.25, 0.3) is 5.91 Å². The lowest BCUT2D eigenvalue weighted by molar-refractivity contribution is 0.0315. The number of ether oxygens (including phenoxy) is 1. The van der Waals surface area contributed by atoms with Gasteiger partial charge in [-0.25, -0.2) is 4.39 Å². The van der Waals surface area contributed by atoms with Crippen molar-refractivity contribution >= 4 is 28.2 Å². The van der Waals surface area contributed by atoms with Gasteiger partial charge in [0.15, 0.2) is 5.43 Å². The SMILES string of the molecule is O=C1c2oc3ccc(F)cc3c(=O)c2C(c2cccs2)N1CCN1CCOCC1. The predicted octanol–water partition coefficient (Wildman–Crippen LogP) is 2.87. The molecular weight excluding hydrogens is 395 g/mol. The first-order chi connectivity index (χ1) is 14.1. The number of thiophene rings is 1. The largest absolute Gasteiger partial charge is 0.450 e. The molecule has 1 fully saturated rings. The first-order valence-electron chi connectivity index (χ1n) is 9.54. The summed E-state index contributed by atoms with van der Waals surface area (Å²) in [4.78, 5) is 31.3. The molecule has 3 aromatic rings. The molecule has 29 heavy (non-hydrogen) atoms. The van der Waals surface area contributed by atoms with E-state index in [4.69, 9.17) is 9.15 Å². The second kappa shape index (κ2) is 7.37. The number of fused-ring (bicyclic) bond motifs is 2. The Kier molecular flexibility index (Phi) is 4.69. The Morgan fingerprint density at radius 3 is 2.72 bits per heavy atom. The van der Waals surface area contributed by atoms with E-state index in [9.17, 15) is 14.0 Å². The van der Waals surface area contributed by atoms with Gasteiger partial charge >= 0.3 is 0 Å². The normalized spacial score (nSPS) is 19.8. The van der Waals surface area contributed by atoms with Crippen LogP contribution in [0.3, 0.4) is 0 Å². The van der Waals surface area contributed by atoms with Crippen LogP contribution in [0.4, 0.5) is 4.39 Å². The van der Waals surface area contributed by atoms with Crippen LogP contribution < -0.4 is 5.43 Å².